The van der Waals surface area contributed by atoms with E-state index in [9.17, 15) is 9.59 Å². The Morgan fingerprint density at radius 1 is 1.47 bits per heavy atom. The van der Waals surface area contributed by atoms with E-state index < -0.39 is 5.97 Å². The fourth-order valence-corrected chi connectivity index (χ4v) is 2.73. The van der Waals surface area contributed by atoms with Crippen LogP contribution in [0.1, 0.15) is 30.4 Å². The van der Waals surface area contributed by atoms with Crippen molar-refractivity contribution in [1.82, 2.24) is 4.98 Å². The van der Waals surface area contributed by atoms with Crippen LogP contribution in [0, 0.1) is 5.41 Å². The zero-order valence-corrected chi connectivity index (χ0v) is 10.3. The molecule has 0 atom stereocenters. The summed E-state index contributed by atoms with van der Waals surface area (Å²) < 4.78 is 0. The fourth-order valence-electron chi connectivity index (χ4n) is 2.73. The van der Waals surface area contributed by atoms with E-state index in [1.807, 2.05) is 6.07 Å². The van der Waals surface area contributed by atoms with Gasteiger partial charge >= 0.3 is 5.97 Å². The Hall–Kier alpha value is -2.17. The first-order valence-corrected chi connectivity index (χ1v) is 6.30. The Bertz CT molecular complexity index is 588. The summed E-state index contributed by atoms with van der Waals surface area (Å²) in [6, 6.07) is 1.90. The van der Waals surface area contributed by atoms with Crippen LogP contribution in [0.4, 0.5) is 5.82 Å². The highest BCUT2D eigenvalue weighted by molar-refractivity contribution is 5.98. The van der Waals surface area contributed by atoms with Crippen molar-refractivity contribution in [2.75, 3.05) is 5.32 Å². The molecule has 1 saturated carbocycles. The first-order chi connectivity index (χ1) is 9.09. The van der Waals surface area contributed by atoms with E-state index in [2.05, 4.69) is 10.3 Å². The minimum Gasteiger partial charge on any atom is -0.478 e. The van der Waals surface area contributed by atoms with Crippen molar-refractivity contribution < 1.29 is 14.7 Å². The van der Waals surface area contributed by atoms with Gasteiger partial charge in [-0.25, -0.2) is 9.78 Å². The molecule has 1 aromatic rings. The van der Waals surface area contributed by atoms with Gasteiger partial charge in [0.25, 0.3) is 0 Å². The number of carboxylic acid groups (broad SMARTS) is 1. The van der Waals surface area contributed by atoms with Gasteiger partial charge in [0.2, 0.25) is 5.91 Å². The maximum Gasteiger partial charge on any atom is 0.328 e. The number of nitrogens with zero attached hydrogens (tertiary/aromatic N) is 1. The van der Waals surface area contributed by atoms with E-state index in [-0.39, 0.29) is 11.3 Å². The second-order valence-corrected chi connectivity index (χ2v) is 5.21. The summed E-state index contributed by atoms with van der Waals surface area (Å²) in [5, 5.41) is 11.5. The van der Waals surface area contributed by atoms with Crippen molar-refractivity contribution in [2.24, 2.45) is 5.41 Å². The summed E-state index contributed by atoms with van der Waals surface area (Å²) in [5.74, 6) is -0.302. The summed E-state index contributed by atoms with van der Waals surface area (Å²) in [4.78, 5) is 26.7. The lowest BCUT2D eigenvalue weighted by Gasteiger charge is -2.43. The van der Waals surface area contributed by atoms with Gasteiger partial charge in [0.1, 0.15) is 5.82 Å². The van der Waals surface area contributed by atoms with Crippen LogP contribution in [0.15, 0.2) is 18.3 Å². The van der Waals surface area contributed by atoms with Crippen LogP contribution in [0.3, 0.4) is 0 Å². The average Bonchev–Trinajstić information content (AvgIpc) is 2.33. The number of hydrogen-bond donors (Lipinski definition) is 2. The van der Waals surface area contributed by atoms with Gasteiger partial charge in [0.05, 0.1) is 5.41 Å². The number of nitrogens with one attached hydrogen (secondary N) is 1. The third kappa shape index (κ3) is 2.01. The molecule has 0 unspecified atom stereocenters. The summed E-state index contributed by atoms with van der Waals surface area (Å²) >= 11 is 0. The molecule has 1 aliphatic carbocycles. The molecule has 5 nitrogen and oxygen atoms in total. The number of hydrogen-bond acceptors (Lipinski definition) is 3. The second kappa shape index (κ2) is 4.19. The van der Waals surface area contributed by atoms with Crippen LogP contribution in [-0.4, -0.2) is 22.0 Å². The van der Waals surface area contributed by atoms with Crippen LogP contribution >= 0.6 is 0 Å². The quantitative estimate of drug-likeness (QED) is 0.793. The Kier molecular flexibility index (Phi) is 2.62. The maximum absolute atomic E-state index is 12.0. The number of aliphatic carboxylic acids is 1. The predicted octanol–water partition coefficient (Wildman–Crippen LogP) is 1.84. The Balaban J connectivity index is 1.91. The van der Waals surface area contributed by atoms with Crippen LogP contribution in [0.25, 0.3) is 6.08 Å². The van der Waals surface area contributed by atoms with Gasteiger partial charge in [-0.1, -0.05) is 6.42 Å². The van der Waals surface area contributed by atoms with Gasteiger partial charge < -0.3 is 10.4 Å². The van der Waals surface area contributed by atoms with E-state index in [1.54, 1.807) is 6.20 Å². The van der Waals surface area contributed by atoms with Gasteiger partial charge in [-0.15, -0.1) is 0 Å². The summed E-state index contributed by atoms with van der Waals surface area (Å²) in [5.41, 5.74) is 1.49. The second-order valence-electron chi connectivity index (χ2n) is 5.21. The van der Waals surface area contributed by atoms with Gasteiger partial charge in [0, 0.05) is 12.3 Å². The highest BCUT2D eigenvalue weighted by Crippen LogP contribution is 2.47. The van der Waals surface area contributed by atoms with E-state index in [4.69, 9.17) is 5.11 Å². The van der Waals surface area contributed by atoms with Crippen LogP contribution in [0.2, 0.25) is 0 Å². The number of anilines is 1. The highest BCUT2D eigenvalue weighted by atomic mass is 16.4. The SMILES string of the molecule is O=C(O)C=Cc1cnc2c(c1)CC1(CCC1)C(=O)N2. The standard InChI is InChI=1S/C14H14N2O3/c17-11(18)3-2-9-6-10-7-14(4-1-5-14)13(19)16-12(10)15-8-9/h2-3,6,8H,1,4-5,7H2,(H,17,18)(H,15,16,19). The van der Waals surface area contributed by atoms with Gasteiger partial charge in [-0.05, 0) is 42.5 Å². The molecule has 0 aromatic carbocycles. The molecule has 98 valence electrons. The number of pyridine rings is 1. The lowest BCUT2D eigenvalue weighted by molar-refractivity contribution is -0.131. The number of amides is 1. The minimum atomic E-state index is -0.985. The average molecular weight is 258 g/mol. The molecule has 0 bridgehead atoms. The molecule has 1 aliphatic heterocycles. The molecular formula is C14H14N2O3. The number of fused-ring (bicyclic) bond motifs is 1. The van der Waals surface area contributed by atoms with Crippen molar-refractivity contribution in [3.8, 4) is 0 Å². The number of rotatable bonds is 2. The van der Waals surface area contributed by atoms with Crippen LogP contribution in [0.5, 0.6) is 0 Å². The summed E-state index contributed by atoms with van der Waals surface area (Å²) in [7, 11) is 0. The van der Waals surface area contributed by atoms with E-state index in [0.29, 0.717) is 12.2 Å². The lowest BCUT2D eigenvalue weighted by atomic mass is 9.63. The summed E-state index contributed by atoms with van der Waals surface area (Å²) in [6.45, 7) is 0. The molecule has 1 aromatic heterocycles. The molecule has 1 spiro atoms. The number of aromatic nitrogens is 1. The van der Waals surface area contributed by atoms with Gasteiger partial charge in [0.15, 0.2) is 0 Å². The number of carbonyl (C=O) groups excluding carboxylic acids is 1. The molecule has 19 heavy (non-hydrogen) atoms. The van der Waals surface area contributed by atoms with E-state index in [1.165, 1.54) is 6.08 Å². The number of carbonyl (C=O) groups is 2. The molecule has 2 heterocycles. The molecule has 3 rings (SSSR count). The molecule has 1 fully saturated rings. The zero-order chi connectivity index (χ0) is 13.5. The lowest BCUT2D eigenvalue weighted by Crippen LogP contribution is -2.46. The molecule has 0 radical (unpaired) electrons. The molecule has 5 heteroatoms. The van der Waals surface area contributed by atoms with E-state index >= 15 is 0 Å². The van der Waals surface area contributed by atoms with Gasteiger partial charge in [-0.3, -0.25) is 4.79 Å². The van der Waals surface area contributed by atoms with Crippen molar-refractivity contribution in [1.29, 1.82) is 0 Å². The molecule has 1 amide bonds. The first kappa shape index (κ1) is 11.9. The van der Waals surface area contributed by atoms with Crippen molar-refractivity contribution in [3.05, 3.63) is 29.5 Å². The fraction of sp³-hybridized carbons (Fsp3) is 0.357. The number of carboxylic acids is 1. The minimum absolute atomic E-state index is 0.0765. The van der Waals surface area contributed by atoms with Crippen molar-refractivity contribution >= 4 is 23.8 Å². The normalized spacial score (nSPS) is 19.9. The van der Waals surface area contributed by atoms with E-state index in [0.717, 1.165) is 36.5 Å². The third-order valence-electron chi connectivity index (χ3n) is 3.96. The highest BCUT2D eigenvalue weighted by Gasteiger charge is 2.47. The third-order valence-corrected chi connectivity index (χ3v) is 3.96. The van der Waals surface area contributed by atoms with Crippen LogP contribution < -0.4 is 5.32 Å². The topological polar surface area (TPSA) is 79.3 Å². The zero-order valence-electron chi connectivity index (χ0n) is 10.3. The van der Waals surface area contributed by atoms with Crippen LogP contribution in [-0.2, 0) is 16.0 Å². The molecule has 2 N–H and O–H groups in total. The monoisotopic (exact) mass is 258 g/mol. The molecular weight excluding hydrogens is 244 g/mol. The largest absolute Gasteiger partial charge is 0.478 e. The Morgan fingerprint density at radius 2 is 2.26 bits per heavy atom. The first-order valence-electron chi connectivity index (χ1n) is 6.30. The molecule has 2 aliphatic rings. The Labute approximate surface area is 110 Å². The maximum atomic E-state index is 12.0. The predicted molar refractivity (Wildman–Crippen MR) is 69.5 cm³/mol. The van der Waals surface area contributed by atoms with Crippen molar-refractivity contribution in [3.63, 3.8) is 0 Å². The van der Waals surface area contributed by atoms with Gasteiger partial charge in [-0.2, -0.15) is 0 Å². The Morgan fingerprint density at radius 3 is 2.89 bits per heavy atom. The van der Waals surface area contributed by atoms with Crippen molar-refractivity contribution in [2.45, 2.75) is 25.7 Å². The molecule has 0 saturated heterocycles. The smallest absolute Gasteiger partial charge is 0.328 e. The summed E-state index contributed by atoms with van der Waals surface area (Å²) in [6.07, 6.45) is 7.81.